The van der Waals surface area contributed by atoms with Crippen LogP contribution < -0.4 is 10.5 Å². The zero-order valence-electron chi connectivity index (χ0n) is 9.03. The Morgan fingerprint density at radius 1 is 1.50 bits per heavy atom. The molecule has 0 aliphatic carbocycles. The summed E-state index contributed by atoms with van der Waals surface area (Å²) in [7, 11) is 0. The molecule has 1 aromatic carbocycles. The third-order valence-electron chi connectivity index (χ3n) is 1.82. The molecule has 0 bridgehead atoms. The average Bonchev–Trinajstić information content (AvgIpc) is 2.28. The molecule has 0 radical (unpaired) electrons. The van der Waals surface area contributed by atoms with Crippen molar-refractivity contribution in [1.29, 1.82) is 0 Å². The van der Waals surface area contributed by atoms with Gasteiger partial charge in [0.2, 0.25) is 0 Å². The van der Waals surface area contributed by atoms with Crippen molar-refractivity contribution in [3.8, 4) is 5.75 Å². The van der Waals surface area contributed by atoms with E-state index in [2.05, 4.69) is 0 Å². The number of carbonyl (C=O) groups is 1. The molecule has 4 nitrogen and oxygen atoms in total. The molecule has 1 rings (SSSR count). The van der Waals surface area contributed by atoms with Crippen molar-refractivity contribution in [3.63, 3.8) is 0 Å². The molecule has 2 N–H and O–H groups in total. The number of ether oxygens (including phenoxy) is 2. The van der Waals surface area contributed by atoms with Crippen molar-refractivity contribution in [2.75, 3.05) is 19.8 Å². The topological polar surface area (TPSA) is 61.5 Å². The summed E-state index contributed by atoms with van der Waals surface area (Å²) in [6.45, 7) is 2.52. The lowest BCUT2D eigenvalue weighted by Gasteiger charge is -2.07. The Bertz CT molecular complexity index is 368. The highest BCUT2D eigenvalue weighted by atomic mass is 19.1. The van der Waals surface area contributed by atoms with E-state index in [1.54, 1.807) is 6.92 Å². The fraction of sp³-hybridized carbons (Fsp3) is 0.364. The van der Waals surface area contributed by atoms with Crippen molar-refractivity contribution < 1.29 is 18.7 Å². The summed E-state index contributed by atoms with van der Waals surface area (Å²) in [4.78, 5) is 11.3. The summed E-state index contributed by atoms with van der Waals surface area (Å²) in [5.41, 5.74) is 5.13. The second kappa shape index (κ2) is 6.07. The first kappa shape index (κ1) is 12.4. The first-order chi connectivity index (χ1) is 7.69. The largest absolute Gasteiger partial charge is 0.492 e. The molecule has 0 heterocycles. The van der Waals surface area contributed by atoms with Gasteiger partial charge in [0.05, 0.1) is 12.2 Å². The van der Waals surface area contributed by atoms with E-state index < -0.39 is 11.8 Å². The van der Waals surface area contributed by atoms with Gasteiger partial charge in [-0.25, -0.2) is 9.18 Å². The molecule has 5 heteroatoms. The van der Waals surface area contributed by atoms with Gasteiger partial charge >= 0.3 is 5.97 Å². The van der Waals surface area contributed by atoms with Crippen LogP contribution in [0.5, 0.6) is 5.75 Å². The van der Waals surface area contributed by atoms with E-state index in [0.717, 1.165) is 6.07 Å². The van der Waals surface area contributed by atoms with Crippen molar-refractivity contribution in [2.45, 2.75) is 6.92 Å². The third-order valence-corrected chi connectivity index (χ3v) is 1.82. The minimum absolute atomic E-state index is 0.128. The van der Waals surface area contributed by atoms with E-state index in [-0.39, 0.29) is 12.2 Å². The highest BCUT2D eigenvalue weighted by molar-refractivity contribution is 5.90. The SMILES string of the molecule is CCOC(=O)c1cc(OCCN)ccc1F. The van der Waals surface area contributed by atoms with E-state index in [1.807, 2.05) is 0 Å². The number of benzene rings is 1. The maximum absolute atomic E-state index is 13.3. The summed E-state index contributed by atoms with van der Waals surface area (Å²) in [5, 5.41) is 0. The molecule has 0 aliphatic heterocycles. The molecule has 1 aromatic rings. The summed E-state index contributed by atoms with van der Waals surface area (Å²) in [6.07, 6.45) is 0. The molecular weight excluding hydrogens is 213 g/mol. The van der Waals surface area contributed by atoms with Crippen LogP contribution in [0.25, 0.3) is 0 Å². The number of carbonyl (C=O) groups excluding carboxylic acids is 1. The molecule has 0 unspecified atom stereocenters. The van der Waals surface area contributed by atoms with Crippen LogP contribution in [0.15, 0.2) is 18.2 Å². The Hall–Kier alpha value is -1.62. The van der Waals surface area contributed by atoms with Crippen LogP contribution in [0, 0.1) is 5.82 Å². The Morgan fingerprint density at radius 3 is 2.88 bits per heavy atom. The number of nitrogens with two attached hydrogens (primary N) is 1. The lowest BCUT2D eigenvalue weighted by Crippen LogP contribution is -2.12. The van der Waals surface area contributed by atoms with Gasteiger partial charge in [-0.3, -0.25) is 0 Å². The van der Waals surface area contributed by atoms with E-state index in [9.17, 15) is 9.18 Å². The third kappa shape index (κ3) is 3.20. The molecule has 0 aliphatic rings. The van der Waals surface area contributed by atoms with Gasteiger partial charge in [-0.05, 0) is 25.1 Å². The second-order valence-electron chi connectivity index (χ2n) is 3.00. The minimum atomic E-state index is -0.696. The van der Waals surface area contributed by atoms with Gasteiger partial charge in [-0.15, -0.1) is 0 Å². The second-order valence-corrected chi connectivity index (χ2v) is 3.00. The van der Waals surface area contributed by atoms with Gasteiger partial charge in [0.25, 0.3) is 0 Å². The first-order valence-electron chi connectivity index (χ1n) is 4.98. The monoisotopic (exact) mass is 227 g/mol. The summed E-state index contributed by atoms with van der Waals surface area (Å²) in [6, 6.07) is 3.91. The lowest BCUT2D eigenvalue weighted by molar-refractivity contribution is 0.0520. The summed E-state index contributed by atoms with van der Waals surface area (Å²) < 4.78 is 23.2. The van der Waals surface area contributed by atoms with Gasteiger partial charge < -0.3 is 15.2 Å². The van der Waals surface area contributed by atoms with Crippen molar-refractivity contribution in [1.82, 2.24) is 0 Å². The molecule has 0 atom stereocenters. The smallest absolute Gasteiger partial charge is 0.341 e. The zero-order valence-corrected chi connectivity index (χ0v) is 9.03. The van der Waals surface area contributed by atoms with E-state index in [4.69, 9.17) is 15.2 Å². The van der Waals surface area contributed by atoms with Crippen molar-refractivity contribution >= 4 is 5.97 Å². The zero-order chi connectivity index (χ0) is 12.0. The molecule has 0 spiro atoms. The van der Waals surface area contributed by atoms with Crippen LogP contribution in [0.4, 0.5) is 4.39 Å². The van der Waals surface area contributed by atoms with Crippen LogP contribution in [0.2, 0.25) is 0 Å². The number of hydrogen-bond acceptors (Lipinski definition) is 4. The summed E-state index contributed by atoms with van der Waals surface area (Å²) in [5.74, 6) is -0.924. The minimum Gasteiger partial charge on any atom is -0.492 e. The molecule has 0 amide bonds. The predicted molar refractivity (Wildman–Crippen MR) is 56.9 cm³/mol. The molecule has 16 heavy (non-hydrogen) atoms. The average molecular weight is 227 g/mol. The highest BCUT2D eigenvalue weighted by Crippen LogP contribution is 2.17. The fourth-order valence-electron chi connectivity index (χ4n) is 1.14. The standard InChI is InChI=1S/C11H14FNO3/c1-2-15-11(14)9-7-8(16-6-5-13)3-4-10(9)12/h3-4,7H,2,5-6,13H2,1H3. The quantitative estimate of drug-likeness (QED) is 0.771. The van der Waals surface area contributed by atoms with Crippen LogP contribution in [-0.4, -0.2) is 25.7 Å². The van der Waals surface area contributed by atoms with Gasteiger partial charge in [0.1, 0.15) is 18.2 Å². The number of halogens is 1. The van der Waals surface area contributed by atoms with Gasteiger partial charge in [0, 0.05) is 6.54 Å². The van der Waals surface area contributed by atoms with Crippen LogP contribution in [0.3, 0.4) is 0 Å². The van der Waals surface area contributed by atoms with Crippen molar-refractivity contribution in [3.05, 3.63) is 29.6 Å². The fourth-order valence-corrected chi connectivity index (χ4v) is 1.14. The Labute approximate surface area is 93.2 Å². The van der Waals surface area contributed by atoms with E-state index >= 15 is 0 Å². The van der Waals surface area contributed by atoms with Gasteiger partial charge in [0.15, 0.2) is 0 Å². The van der Waals surface area contributed by atoms with E-state index in [0.29, 0.717) is 18.9 Å². The Kier molecular flexibility index (Phi) is 4.72. The lowest BCUT2D eigenvalue weighted by atomic mass is 10.2. The maximum Gasteiger partial charge on any atom is 0.341 e. The number of esters is 1. The Morgan fingerprint density at radius 2 is 2.25 bits per heavy atom. The normalized spacial score (nSPS) is 9.94. The number of hydrogen-bond donors (Lipinski definition) is 1. The molecule has 0 saturated carbocycles. The van der Waals surface area contributed by atoms with Gasteiger partial charge in [-0.2, -0.15) is 0 Å². The molecule has 88 valence electrons. The molecular formula is C11H14FNO3. The number of rotatable bonds is 5. The van der Waals surface area contributed by atoms with E-state index in [1.165, 1.54) is 12.1 Å². The van der Waals surface area contributed by atoms with Crippen LogP contribution in [-0.2, 0) is 4.74 Å². The Balaban J connectivity index is 2.85. The van der Waals surface area contributed by atoms with Crippen LogP contribution in [0.1, 0.15) is 17.3 Å². The molecule has 0 aromatic heterocycles. The molecule has 0 fully saturated rings. The van der Waals surface area contributed by atoms with Crippen LogP contribution >= 0.6 is 0 Å². The maximum atomic E-state index is 13.3. The highest BCUT2D eigenvalue weighted by Gasteiger charge is 2.13. The van der Waals surface area contributed by atoms with Crippen molar-refractivity contribution in [2.24, 2.45) is 5.73 Å². The predicted octanol–water partition coefficient (Wildman–Crippen LogP) is 1.34. The first-order valence-corrected chi connectivity index (χ1v) is 4.98. The summed E-state index contributed by atoms with van der Waals surface area (Å²) >= 11 is 0. The van der Waals surface area contributed by atoms with Gasteiger partial charge in [-0.1, -0.05) is 0 Å². The molecule has 0 saturated heterocycles.